The van der Waals surface area contributed by atoms with Gasteiger partial charge in [0.05, 0.1) is 18.4 Å². The lowest BCUT2D eigenvalue weighted by Gasteiger charge is -2.28. The van der Waals surface area contributed by atoms with E-state index in [9.17, 15) is 19.2 Å². The van der Waals surface area contributed by atoms with Gasteiger partial charge < -0.3 is 23.7 Å². The Morgan fingerprint density at radius 1 is 1.24 bits per heavy atom. The third kappa shape index (κ3) is 6.84. The predicted octanol–water partition coefficient (Wildman–Crippen LogP) is 1.32. The average Bonchev–Trinajstić information content (AvgIpc) is 3.12. The van der Waals surface area contributed by atoms with Crippen molar-refractivity contribution in [2.45, 2.75) is 66.1 Å². The van der Waals surface area contributed by atoms with E-state index in [1.807, 2.05) is 0 Å². The van der Waals surface area contributed by atoms with Crippen molar-refractivity contribution in [1.82, 2.24) is 9.55 Å². The molecule has 12 nitrogen and oxygen atoms in total. The van der Waals surface area contributed by atoms with E-state index >= 15 is 0 Å². The van der Waals surface area contributed by atoms with E-state index in [1.165, 1.54) is 12.3 Å². The molecule has 0 spiro atoms. The summed E-state index contributed by atoms with van der Waals surface area (Å²) in [4.78, 5) is 52.2. The number of hydrogen-bond acceptors (Lipinski definition) is 11. The van der Waals surface area contributed by atoms with Crippen LogP contribution >= 0.6 is 0 Å². The smallest absolute Gasteiger partial charge is 0.351 e. The summed E-state index contributed by atoms with van der Waals surface area (Å²) in [6, 6.07) is 1.32. The lowest BCUT2D eigenvalue weighted by atomic mass is 9.97. The maximum absolute atomic E-state index is 12.6. The second-order valence-corrected chi connectivity index (χ2v) is 9.40. The molecule has 0 aromatic carbocycles. The van der Waals surface area contributed by atoms with E-state index in [0.29, 0.717) is 0 Å². The molecule has 0 radical (unpaired) electrons. The van der Waals surface area contributed by atoms with Gasteiger partial charge >= 0.3 is 17.6 Å². The van der Waals surface area contributed by atoms with Gasteiger partial charge in [-0.3, -0.25) is 24.8 Å². The van der Waals surface area contributed by atoms with Gasteiger partial charge in [0.15, 0.2) is 18.1 Å². The highest BCUT2D eigenvalue weighted by Gasteiger charge is 2.50. The van der Waals surface area contributed by atoms with Crippen LogP contribution < -0.4 is 11.2 Å². The number of aldehydes is 1. The number of esters is 2. The zero-order valence-electron chi connectivity index (χ0n) is 20.2. The van der Waals surface area contributed by atoms with E-state index in [1.54, 1.807) is 47.0 Å². The van der Waals surface area contributed by atoms with E-state index in [2.05, 4.69) is 4.98 Å². The highest BCUT2D eigenvalue weighted by molar-refractivity contribution is 5.72. The first kappa shape index (κ1) is 27.4. The summed E-state index contributed by atoms with van der Waals surface area (Å²) >= 11 is 0. The molecule has 2 rings (SSSR count). The third-order valence-corrected chi connectivity index (χ3v) is 5.06. The van der Waals surface area contributed by atoms with Crippen molar-refractivity contribution in [2.24, 2.45) is 17.3 Å². The lowest BCUT2D eigenvalue weighted by Crippen LogP contribution is -2.43. The van der Waals surface area contributed by atoms with Crippen LogP contribution in [0.3, 0.4) is 0 Å². The fraction of sp³-hybridized carbons (Fsp3) is 0.682. The second kappa shape index (κ2) is 11.5. The summed E-state index contributed by atoms with van der Waals surface area (Å²) in [5.41, 5.74) is 0.141. The van der Waals surface area contributed by atoms with Crippen molar-refractivity contribution in [3.63, 3.8) is 0 Å². The second-order valence-electron chi connectivity index (χ2n) is 9.40. The molecular formula is C22H33N3O9. The first-order valence-corrected chi connectivity index (χ1v) is 11.0. The molecule has 0 bridgehead atoms. The first-order chi connectivity index (χ1) is 15.9. The molecule has 0 amide bonds. The number of ether oxygens (including phenoxy) is 4. The molecule has 1 saturated heterocycles. The number of nitrogens with one attached hydrogen (secondary N) is 1. The van der Waals surface area contributed by atoms with Crippen molar-refractivity contribution in [3.05, 3.63) is 22.7 Å². The summed E-state index contributed by atoms with van der Waals surface area (Å²) in [6.07, 6.45) is -2.12. The Kier molecular flexibility index (Phi) is 9.30. The van der Waals surface area contributed by atoms with Crippen molar-refractivity contribution in [3.8, 4) is 0 Å². The van der Waals surface area contributed by atoms with Crippen LogP contribution in [0.25, 0.3) is 0 Å². The highest BCUT2D eigenvalue weighted by atomic mass is 16.6. The molecule has 1 fully saturated rings. The number of anilines is 1. The van der Waals surface area contributed by atoms with Gasteiger partial charge in [-0.15, -0.1) is 0 Å². The van der Waals surface area contributed by atoms with Gasteiger partial charge in [0.25, 0.3) is 0 Å². The van der Waals surface area contributed by atoms with Crippen molar-refractivity contribution < 1.29 is 38.5 Å². The summed E-state index contributed by atoms with van der Waals surface area (Å²) in [5.74, 6) is -1.98. The maximum Gasteiger partial charge on any atom is 0.351 e. The molecule has 34 heavy (non-hydrogen) atoms. The Morgan fingerprint density at radius 3 is 2.41 bits per heavy atom. The van der Waals surface area contributed by atoms with Gasteiger partial charge in [-0.1, -0.05) is 41.5 Å². The van der Waals surface area contributed by atoms with Crippen LogP contribution in [0.5, 0.6) is 0 Å². The fourth-order valence-corrected chi connectivity index (χ4v) is 3.01. The predicted molar refractivity (Wildman–Crippen MR) is 118 cm³/mol. The summed E-state index contributed by atoms with van der Waals surface area (Å²) in [6.45, 7) is 9.73. The van der Waals surface area contributed by atoms with Gasteiger partial charge in [0, 0.05) is 11.6 Å². The molecule has 190 valence electrons. The van der Waals surface area contributed by atoms with E-state index in [-0.39, 0.29) is 24.9 Å². The summed E-state index contributed by atoms with van der Waals surface area (Å²) < 4.78 is 24.1. The number of carbonyl (C=O) groups is 3. The number of rotatable bonds is 11. The van der Waals surface area contributed by atoms with Gasteiger partial charge in [-0.25, -0.2) is 4.79 Å². The van der Waals surface area contributed by atoms with Crippen LogP contribution in [0, 0.1) is 17.3 Å². The highest BCUT2D eigenvalue weighted by Crippen LogP contribution is 2.35. The first-order valence-electron chi connectivity index (χ1n) is 11.0. The van der Waals surface area contributed by atoms with Crippen LogP contribution in [0.15, 0.2) is 17.1 Å². The Hall–Kier alpha value is -2.83. The number of aromatic nitrogens is 2. The fourth-order valence-electron chi connectivity index (χ4n) is 3.01. The molecule has 4 atom stereocenters. The Bertz CT molecular complexity index is 928. The van der Waals surface area contributed by atoms with Crippen molar-refractivity contribution >= 4 is 24.0 Å². The molecule has 12 heteroatoms. The topological polar surface area (TPSA) is 155 Å². The minimum Gasteiger partial charge on any atom is -0.463 e. The molecule has 0 aliphatic carbocycles. The summed E-state index contributed by atoms with van der Waals surface area (Å²) in [5, 5.41) is 9.01. The van der Waals surface area contributed by atoms with Gasteiger partial charge in [-0.2, -0.15) is 4.98 Å². The quantitative estimate of drug-likeness (QED) is 0.266. The number of hydrogen-bond donors (Lipinski definition) is 2. The Morgan fingerprint density at radius 2 is 1.88 bits per heavy atom. The lowest BCUT2D eigenvalue weighted by molar-refractivity contribution is -0.166. The van der Waals surface area contributed by atoms with E-state index in [0.717, 1.165) is 10.9 Å². The molecule has 0 unspecified atom stereocenters. The van der Waals surface area contributed by atoms with Crippen LogP contribution in [0.2, 0.25) is 0 Å². The standard InChI is InChI=1S/C22H33N3O9/c1-12(2)19(27)31-9-14-16(32-11-22(5,6)10-26)17(34-20(28)13(3)4)18(33-14)25-8-7-15(24-30)23-21(25)29/h7-8,10,12-14,16-18,30H,9,11H2,1-6H3,(H,23,24,29)/t14-,16-,17-,18-/m1/s1. The Balaban J connectivity index is 2.45. The molecule has 1 aromatic rings. The molecular weight excluding hydrogens is 450 g/mol. The number of carbonyl (C=O) groups excluding carboxylic acids is 3. The molecule has 1 aromatic heterocycles. The van der Waals surface area contributed by atoms with Gasteiger partial charge in [-0.05, 0) is 6.07 Å². The van der Waals surface area contributed by atoms with Crippen LogP contribution in [-0.2, 0) is 33.3 Å². The number of nitrogens with zero attached hydrogens (tertiary/aromatic N) is 2. The third-order valence-electron chi connectivity index (χ3n) is 5.06. The van der Waals surface area contributed by atoms with Gasteiger partial charge in [0.1, 0.15) is 25.1 Å². The zero-order valence-corrected chi connectivity index (χ0v) is 20.2. The largest absolute Gasteiger partial charge is 0.463 e. The molecule has 2 heterocycles. The molecule has 0 saturated carbocycles. The van der Waals surface area contributed by atoms with Crippen molar-refractivity contribution in [1.29, 1.82) is 0 Å². The van der Waals surface area contributed by atoms with Crippen LogP contribution in [-0.4, -0.2) is 64.5 Å². The van der Waals surface area contributed by atoms with Gasteiger partial charge in [0.2, 0.25) is 0 Å². The average molecular weight is 484 g/mol. The normalized spacial score (nSPS) is 22.6. The monoisotopic (exact) mass is 483 g/mol. The minimum absolute atomic E-state index is 0.0396. The Labute approximate surface area is 197 Å². The van der Waals surface area contributed by atoms with E-state index < -0.39 is 53.5 Å². The van der Waals surface area contributed by atoms with Crippen LogP contribution in [0.4, 0.5) is 5.82 Å². The van der Waals surface area contributed by atoms with Crippen LogP contribution in [0.1, 0.15) is 47.8 Å². The zero-order chi connectivity index (χ0) is 25.6. The SMILES string of the molecule is CC(C)C(=O)OC[C@H]1O[C@@H](n2ccc(NO)nc2=O)[C@H](OC(=O)C(C)C)[C@@H]1OCC(C)(C)C=O. The molecule has 1 aliphatic rings. The summed E-state index contributed by atoms with van der Waals surface area (Å²) in [7, 11) is 0. The maximum atomic E-state index is 12.6. The van der Waals surface area contributed by atoms with E-state index in [4.69, 9.17) is 24.2 Å². The minimum atomic E-state index is -1.16. The van der Waals surface area contributed by atoms with Crippen molar-refractivity contribution in [2.75, 3.05) is 18.7 Å². The molecule has 1 aliphatic heterocycles. The molecule has 2 N–H and O–H groups in total.